The molecule has 0 bridgehead atoms. The summed E-state index contributed by atoms with van der Waals surface area (Å²) in [5.74, 6) is 1.93. The lowest BCUT2D eigenvalue weighted by Crippen LogP contribution is -2.03. The Hall–Kier alpha value is -6.91. The Morgan fingerprint density at radius 2 is 1.08 bits per heavy atom. The Morgan fingerprint density at radius 3 is 1.89 bits per heavy atom. The Morgan fingerprint density at radius 1 is 0.434 bits per heavy atom. The lowest BCUT2D eigenvalue weighted by atomic mass is 9.97. The average molecular weight is 680 g/mol. The maximum Gasteiger partial charge on any atom is 0.164 e. The van der Waals surface area contributed by atoms with Crippen LogP contribution >= 0.6 is 0 Å². The zero-order chi connectivity index (χ0) is 35.1. The molecule has 4 heteroatoms. The van der Waals surface area contributed by atoms with E-state index in [1.807, 2.05) is 18.2 Å². The second-order valence-corrected chi connectivity index (χ2v) is 13.5. The lowest BCUT2D eigenvalue weighted by Gasteiger charge is -2.11. The fourth-order valence-electron chi connectivity index (χ4n) is 7.45. The molecule has 1 aliphatic rings. The van der Waals surface area contributed by atoms with Gasteiger partial charge in [0, 0.05) is 33.0 Å². The number of benzene rings is 7. The second-order valence-electron chi connectivity index (χ2n) is 13.5. The largest absolute Gasteiger partial charge is 0.455 e. The SMILES string of the molecule is C1=CC(c2nc(-c3ccc(-c4ccccc4)cc3)nc(-c3cccc4oc5c(-c6ccc(-c7ccc8ccccc8c7)cc6)cccc5c34)n2)=CCC1. The van der Waals surface area contributed by atoms with Crippen molar-refractivity contribution in [2.75, 3.05) is 0 Å². The summed E-state index contributed by atoms with van der Waals surface area (Å²) in [6.45, 7) is 0. The van der Waals surface area contributed by atoms with Crippen molar-refractivity contribution in [3.8, 4) is 56.2 Å². The second kappa shape index (κ2) is 13.0. The first-order chi connectivity index (χ1) is 26.2. The normalized spacial score (nSPS) is 12.8. The number of para-hydroxylation sites is 1. The minimum atomic E-state index is 0.621. The highest BCUT2D eigenvalue weighted by Crippen LogP contribution is 2.41. The smallest absolute Gasteiger partial charge is 0.164 e. The number of hydrogen-bond acceptors (Lipinski definition) is 4. The van der Waals surface area contributed by atoms with E-state index in [0.29, 0.717) is 17.5 Å². The predicted octanol–water partition coefficient (Wildman–Crippen LogP) is 13.0. The highest BCUT2D eigenvalue weighted by atomic mass is 16.3. The van der Waals surface area contributed by atoms with Crippen LogP contribution in [-0.2, 0) is 0 Å². The topological polar surface area (TPSA) is 51.8 Å². The van der Waals surface area contributed by atoms with Crippen LogP contribution in [0, 0.1) is 0 Å². The average Bonchev–Trinajstić information content (AvgIpc) is 3.63. The summed E-state index contributed by atoms with van der Waals surface area (Å²) >= 11 is 0. The van der Waals surface area contributed by atoms with Crippen LogP contribution in [0.3, 0.4) is 0 Å². The van der Waals surface area contributed by atoms with E-state index in [2.05, 4.69) is 158 Å². The summed E-state index contributed by atoms with van der Waals surface area (Å²) in [7, 11) is 0. The van der Waals surface area contributed by atoms with Gasteiger partial charge in [-0.2, -0.15) is 0 Å². The number of fused-ring (bicyclic) bond motifs is 4. The first kappa shape index (κ1) is 30.9. The Bertz CT molecular complexity index is 2870. The molecule has 1 aliphatic carbocycles. The van der Waals surface area contributed by atoms with Crippen LogP contribution in [0.5, 0.6) is 0 Å². The highest BCUT2D eigenvalue weighted by Gasteiger charge is 2.20. The van der Waals surface area contributed by atoms with Gasteiger partial charge in [0.05, 0.1) is 0 Å². The van der Waals surface area contributed by atoms with Crippen LogP contribution in [0.25, 0.3) is 94.4 Å². The maximum absolute atomic E-state index is 6.69. The van der Waals surface area contributed by atoms with Gasteiger partial charge in [0.1, 0.15) is 11.2 Å². The summed E-state index contributed by atoms with van der Waals surface area (Å²) in [5, 5.41) is 4.50. The van der Waals surface area contributed by atoms with Crippen LogP contribution in [0.2, 0.25) is 0 Å². The van der Waals surface area contributed by atoms with E-state index in [9.17, 15) is 0 Å². The van der Waals surface area contributed by atoms with Crippen molar-refractivity contribution in [2.45, 2.75) is 12.8 Å². The van der Waals surface area contributed by atoms with E-state index >= 15 is 0 Å². The number of furan rings is 1. The van der Waals surface area contributed by atoms with Gasteiger partial charge < -0.3 is 4.42 Å². The Kier molecular flexibility index (Phi) is 7.58. The summed E-state index contributed by atoms with van der Waals surface area (Å²) in [5.41, 5.74) is 11.3. The molecular formula is C49H33N3O. The van der Waals surface area contributed by atoms with Crippen molar-refractivity contribution < 1.29 is 4.42 Å². The van der Waals surface area contributed by atoms with Crippen molar-refractivity contribution >= 4 is 38.3 Å². The molecule has 7 aromatic carbocycles. The first-order valence-corrected chi connectivity index (χ1v) is 18.1. The van der Waals surface area contributed by atoms with E-state index in [0.717, 1.165) is 68.2 Å². The van der Waals surface area contributed by atoms with Gasteiger partial charge in [-0.05, 0) is 63.6 Å². The van der Waals surface area contributed by atoms with Gasteiger partial charge in [0.2, 0.25) is 0 Å². The maximum atomic E-state index is 6.69. The van der Waals surface area contributed by atoms with E-state index in [-0.39, 0.29) is 0 Å². The fraction of sp³-hybridized carbons (Fsp3) is 0.0408. The van der Waals surface area contributed by atoms with Gasteiger partial charge in [-0.15, -0.1) is 0 Å². The monoisotopic (exact) mass is 679 g/mol. The van der Waals surface area contributed by atoms with Crippen LogP contribution in [0.1, 0.15) is 18.7 Å². The molecule has 2 heterocycles. The van der Waals surface area contributed by atoms with Crippen LogP contribution in [-0.4, -0.2) is 15.0 Å². The summed E-state index contributed by atoms with van der Waals surface area (Å²) in [6.07, 6.45) is 8.50. The molecular weight excluding hydrogens is 647 g/mol. The molecule has 4 nitrogen and oxygen atoms in total. The van der Waals surface area contributed by atoms with Crippen LogP contribution in [0.4, 0.5) is 0 Å². The molecule has 0 unspecified atom stereocenters. The lowest BCUT2D eigenvalue weighted by molar-refractivity contribution is 0.670. The molecule has 0 spiro atoms. The number of nitrogens with zero attached hydrogens (tertiary/aromatic N) is 3. The Labute approximate surface area is 307 Å². The quantitative estimate of drug-likeness (QED) is 0.175. The molecule has 0 amide bonds. The minimum absolute atomic E-state index is 0.621. The van der Waals surface area contributed by atoms with Crippen molar-refractivity contribution in [2.24, 2.45) is 0 Å². The van der Waals surface area contributed by atoms with Gasteiger partial charge in [-0.3, -0.25) is 0 Å². The van der Waals surface area contributed by atoms with Crippen molar-refractivity contribution in [3.05, 3.63) is 182 Å². The Balaban J connectivity index is 1.07. The third kappa shape index (κ3) is 5.71. The van der Waals surface area contributed by atoms with Gasteiger partial charge in [-0.1, -0.05) is 164 Å². The van der Waals surface area contributed by atoms with Crippen molar-refractivity contribution in [1.29, 1.82) is 0 Å². The molecule has 0 N–H and O–H groups in total. The number of hydrogen-bond donors (Lipinski definition) is 0. The molecule has 0 saturated carbocycles. The molecule has 0 fully saturated rings. The summed E-state index contributed by atoms with van der Waals surface area (Å²) < 4.78 is 6.69. The van der Waals surface area contributed by atoms with Gasteiger partial charge in [0.15, 0.2) is 17.5 Å². The van der Waals surface area contributed by atoms with E-state index in [1.54, 1.807) is 0 Å². The molecule has 53 heavy (non-hydrogen) atoms. The molecule has 0 radical (unpaired) electrons. The number of aromatic nitrogens is 3. The molecule has 250 valence electrons. The van der Waals surface area contributed by atoms with Crippen molar-refractivity contribution in [3.63, 3.8) is 0 Å². The molecule has 9 aromatic rings. The fourth-order valence-corrected chi connectivity index (χ4v) is 7.45. The zero-order valence-electron chi connectivity index (χ0n) is 28.9. The molecule has 10 rings (SSSR count). The molecule has 0 atom stereocenters. The van der Waals surface area contributed by atoms with Crippen LogP contribution in [0.15, 0.2) is 180 Å². The van der Waals surface area contributed by atoms with Crippen molar-refractivity contribution in [1.82, 2.24) is 15.0 Å². The standard InChI is InChI=1S/C49H33N3O/c1-3-11-32(12-4-1)34-23-28-38(29-24-34)48-50-47(37-14-5-2-6-15-37)51-49(52-48)43-19-10-20-44-45(43)42-18-9-17-41(46(42)53-44)36-26-21-35(22-27-36)40-30-25-33-13-7-8-16-39(33)31-40/h1,3-5,7-31H,2,6H2. The van der Waals surface area contributed by atoms with E-state index in [4.69, 9.17) is 19.4 Å². The predicted molar refractivity (Wildman–Crippen MR) is 218 cm³/mol. The first-order valence-electron chi connectivity index (χ1n) is 18.1. The summed E-state index contributed by atoms with van der Waals surface area (Å²) in [4.78, 5) is 15.3. The third-order valence-corrected chi connectivity index (χ3v) is 10.2. The molecule has 0 aliphatic heterocycles. The highest BCUT2D eigenvalue weighted by molar-refractivity contribution is 6.15. The van der Waals surface area contributed by atoms with Gasteiger partial charge in [-0.25, -0.2) is 15.0 Å². The van der Waals surface area contributed by atoms with Gasteiger partial charge in [0.25, 0.3) is 0 Å². The van der Waals surface area contributed by atoms with Crippen LogP contribution < -0.4 is 0 Å². The summed E-state index contributed by atoms with van der Waals surface area (Å²) in [6, 6.07) is 55.3. The molecule has 2 aromatic heterocycles. The molecule has 0 saturated heterocycles. The number of allylic oxidation sites excluding steroid dienone is 4. The van der Waals surface area contributed by atoms with Gasteiger partial charge >= 0.3 is 0 Å². The van der Waals surface area contributed by atoms with E-state index in [1.165, 1.54) is 27.5 Å². The number of rotatable bonds is 6. The third-order valence-electron chi connectivity index (χ3n) is 10.2. The minimum Gasteiger partial charge on any atom is -0.455 e. The zero-order valence-corrected chi connectivity index (χ0v) is 28.9. The van der Waals surface area contributed by atoms with E-state index < -0.39 is 0 Å².